The summed E-state index contributed by atoms with van der Waals surface area (Å²) in [6, 6.07) is 10.4. The Morgan fingerprint density at radius 1 is 1.30 bits per heavy atom. The Hall–Kier alpha value is -1.55. The summed E-state index contributed by atoms with van der Waals surface area (Å²) < 4.78 is 6.92. The van der Waals surface area contributed by atoms with E-state index in [1.165, 1.54) is 5.56 Å². The molecule has 1 unspecified atom stereocenters. The van der Waals surface area contributed by atoms with Crippen LogP contribution in [0.3, 0.4) is 0 Å². The van der Waals surface area contributed by atoms with Crippen molar-refractivity contribution < 1.29 is 4.74 Å². The number of para-hydroxylation sites is 1. The van der Waals surface area contributed by atoms with Gasteiger partial charge < -0.3 is 10.1 Å². The molecule has 0 radical (unpaired) electrons. The van der Waals surface area contributed by atoms with E-state index in [1.807, 2.05) is 31.3 Å². The Labute approximate surface area is 127 Å². The Bertz CT molecular complexity index is 655. The van der Waals surface area contributed by atoms with Gasteiger partial charge in [-0.2, -0.15) is 0 Å². The molecule has 0 amide bonds. The van der Waals surface area contributed by atoms with E-state index >= 15 is 0 Å². The van der Waals surface area contributed by atoms with E-state index < -0.39 is 0 Å². The highest BCUT2D eigenvalue weighted by atomic mass is 79.9. The molecule has 0 saturated heterocycles. The molecule has 20 heavy (non-hydrogen) atoms. The number of aryl methyl sites for hydroxylation is 1. The minimum Gasteiger partial charge on any atom is -0.485 e. The molecule has 2 heterocycles. The fourth-order valence-corrected chi connectivity index (χ4v) is 2.80. The molecular weight excluding hydrogens is 316 g/mol. The molecule has 0 aliphatic carbocycles. The Kier molecular flexibility index (Phi) is 3.21. The van der Waals surface area contributed by atoms with Crippen molar-refractivity contribution in [3.63, 3.8) is 0 Å². The molecule has 104 valence electrons. The number of halogens is 1. The van der Waals surface area contributed by atoms with Gasteiger partial charge in [0.25, 0.3) is 0 Å². The van der Waals surface area contributed by atoms with E-state index in [-0.39, 0.29) is 11.6 Å². The van der Waals surface area contributed by atoms with Gasteiger partial charge in [-0.15, -0.1) is 0 Å². The average Bonchev–Trinajstić information content (AvgIpc) is 2.65. The third-order valence-corrected chi connectivity index (χ3v) is 4.45. The van der Waals surface area contributed by atoms with Gasteiger partial charge in [0.1, 0.15) is 16.0 Å². The van der Waals surface area contributed by atoms with Crippen LogP contribution in [0.5, 0.6) is 5.75 Å². The van der Waals surface area contributed by atoms with Gasteiger partial charge in [-0.05, 0) is 54.4 Å². The van der Waals surface area contributed by atoms with Crippen molar-refractivity contribution in [3.8, 4) is 5.75 Å². The molecule has 1 atom stereocenters. The zero-order valence-corrected chi connectivity index (χ0v) is 13.4. The minimum absolute atomic E-state index is 0.112. The van der Waals surface area contributed by atoms with Gasteiger partial charge in [0.05, 0.1) is 17.9 Å². The molecular formula is C16H17BrN2O. The van der Waals surface area contributed by atoms with Crippen LogP contribution in [0.25, 0.3) is 0 Å². The second-order valence-corrected chi connectivity index (χ2v) is 6.40. The number of nitrogens with zero attached hydrogens (tertiary/aromatic N) is 1. The van der Waals surface area contributed by atoms with E-state index in [0.717, 1.165) is 21.6 Å². The first-order valence-electron chi connectivity index (χ1n) is 6.64. The molecule has 0 spiro atoms. The summed E-state index contributed by atoms with van der Waals surface area (Å²) in [5, 5.41) is 3.55. The number of benzene rings is 1. The number of pyridine rings is 1. The van der Waals surface area contributed by atoms with Crippen LogP contribution in [0.4, 0.5) is 5.69 Å². The van der Waals surface area contributed by atoms with Crippen molar-refractivity contribution in [3.05, 3.63) is 52.3 Å². The fraction of sp³-hybridized carbons (Fsp3) is 0.312. The molecule has 1 aromatic heterocycles. The summed E-state index contributed by atoms with van der Waals surface area (Å²) in [4.78, 5) is 4.34. The van der Waals surface area contributed by atoms with Crippen LogP contribution in [0, 0.1) is 6.92 Å². The molecule has 3 rings (SSSR count). The maximum atomic E-state index is 6.04. The van der Waals surface area contributed by atoms with Gasteiger partial charge in [0, 0.05) is 5.56 Å². The quantitative estimate of drug-likeness (QED) is 0.823. The molecule has 0 bridgehead atoms. The second kappa shape index (κ2) is 4.77. The van der Waals surface area contributed by atoms with Gasteiger partial charge >= 0.3 is 0 Å². The van der Waals surface area contributed by atoms with Gasteiger partial charge in [-0.3, -0.25) is 0 Å². The predicted octanol–water partition coefficient (Wildman–Crippen LogP) is 4.48. The number of aromatic nitrogens is 1. The van der Waals surface area contributed by atoms with Gasteiger partial charge in [-0.25, -0.2) is 4.98 Å². The SMILES string of the molecule is Cc1cc(NC2c3ccccc3OC2(C)C)cnc1Br. The summed E-state index contributed by atoms with van der Waals surface area (Å²) in [6.45, 7) is 6.24. The van der Waals surface area contributed by atoms with Crippen LogP contribution in [0.15, 0.2) is 41.1 Å². The summed E-state index contributed by atoms with van der Waals surface area (Å²) >= 11 is 3.43. The van der Waals surface area contributed by atoms with Crippen molar-refractivity contribution in [2.45, 2.75) is 32.4 Å². The van der Waals surface area contributed by atoms with Crippen LogP contribution < -0.4 is 10.1 Å². The first-order valence-corrected chi connectivity index (χ1v) is 7.43. The lowest BCUT2D eigenvalue weighted by Crippen LogP contribution is -2.34. The van der Waals surface area contributed by atoms with Gasteiger partial charge in [-0.1, -0.05) is 18.2 Å². The molecule has 3 nitrogen and oxygen atoms in total. The zero-order valence-electron chi connectivity index (χ0n) is 11.8. The number of fused-ring (bicyclic) bond motifs is 1. The van der Waals surface area contributed by atoms with Crippen molar-refractivity contribution in [1.82, 2.24) is 4.98 Å². The Morgan fingerprint density at radius 3 is 2.80 bits per heavy atom. The van der Waals surface area contributed by atoms with Gasteiger partial charge in [0.2, 0.25) is 0 Å². The topological polar surface area (TPSA) is 34.1 Å². The normalized spacial score (nSPS) is 19.3. The molecule has 2 aromatic rings. The first-order chi connectivity index (χ1) is 9.47. The molecule has 1 aliphatic heterocycles. The lowest BCUT2D eigenvalue weighted by Gasteiger charge is -2.28. The van der Waals surface area contributed by atoms with E-state index in [0.29, 0.717) is 0 Å². The number of rotatable bonds is 2. The van der Waals surface area contributed by atoms with E-state index in [2.05, 4.69) is 52.2 Å². The zero-order chi connectivity index (χ0) is 14.3. The third kappa shape index (κ3) is 2.29. The lowest BCUT2D eigenvalue weighted by molar-refractivity contribution is 0.118. The molecule has 0 fully saturated rings. The summed E-state index contributed by atoms with van der Waals surface area (Å²) in [7, 11) is 0. The van der Waals surface area contributed by atoms with Crippen molar-refractivity contribution in [1.29, 1.82) is 0 Å². The average molecular weight is 333 g/mol. The number of nitrogens with one attached hydrogen (secondary N) is 1. The molecule has 1 aliphatic rings. The summed E-state index contributed by atoms with van der Waals surface area (Å²) in [5.41, 5.74) is 3.02. The third-order valence-electron chi connectivity index (χ3n) is 3.62. The van der Waals surface area contributed by atoms with Crippen LogP contribution >= 0.6 is 15.9 Å². The fourth-order valence-electron chi connectivity index (χ4n) is 2.58. The number of anilines is 1. The highest BCUT2D eigenvalue weighted by molar-refractivity contribution is 9.10. The van der Waals surface area contributed by atoms with E-state index in [1.54, 1.807) is 0 Å². The lowest BCUT2D eigenvalue weighted by atomic mass is 9.94. The Balaban J connectivity index is 1.94. The van der Waals surface area contributed by atoms with Crippen molar-refractivity contribution in [2.75, 3.05) is 5.32 Å². The van der Waals surface area contributed by atoms with Crippen LogP contribution in [0.1, 0.15) is 31.0 Å². The highest BCUT2D eigenvalue weighted by Crippen LogP contribution is 2.44. The maximum Gasteiger partial charge on any atom is 0.128 e. The minimum atomic E-state index is -0.287. The standard InChI is InChI=1S/C16H17BrN2O/c1-10-8-11(9-18-15(10)17)19-14-12-6-4-5-7-13(12)20-16(14,2)3/h4-9,14,19H,1-3H3. The molecule has 0 saturated carbocycles. The molecule has 4 heteroatoms. The van der Waals surface area contributed by atoms with Crippen LogP contribution in [-0.4, -0.2) is 10.6 Å². The number of ether oxygens (including phenoxy) is 1. The first kappa shape index (κ1) is 13.4. The molecule has 1 N–H and O–H groups in total. The van der Waals surface area contributed by atoms with Gasteiger partial charge in [0.15, 0.2) is 0 Å². The van der Waals surface area contributed by atoms with Crippen molar-refractivity contribution in [2.24, 2.45) is 0 Å². The molecule has 1 aromatic carbocycles. The van der Waals surface area contributed by atoms with Crippen LogP contribution in [-0.2, 0) is 0 Å². The number of hydrogen-bond acceptors (Lipinski definition) is 3. The van der Waals surface area contributed by atoms with E-state index in [4.69, 9.17) is 4.74 Å². The summed E-state index contributed by atoms with van der Waals surface area (Å²) in [5.74, 6) is 0.955. The number of hydrogen-bond donors (Lipinski definition) is 1. The smallest absolute Gasteiger partial charge is 0.128 e. The van der Waals surface area contributed by atoms with Crippen LogP contribution in [0.2, 0.25) is 0 Å². The largest absolute Gasteiger partial charge is 0.485 e. The Morgan fingerprint density at radius 2 is 2.05 bits per heavy atom. The summed E-state index contributed by atoms with van der Waals surface area (Å²) in [6.07, 6.45) is 1.84. The highest BCUT2D eigenvalue weighted by Gasteiger charge is 2.40. The van der Waals surface area contributed by atoms with E-state index in [9.17, 15) is 0 Å². The maximum absolute atomic E-state index is 6.04. The predicted molar refractivity (Wildman–Crippen MR) is 84.2 cm³/mol. The van der Waals surface area contributed by atoms with Crippen molar-refractivity contribution >= 4 is 21.6 Å². The monoisotopic (exact) mass is 332 g/mol. The second-order valence-electron chi connectivity index (χ2n) is 5.65.